The van der Waals surface area contributed by atoms with Gasteiger partial charge >= 0.3 is 0 Å². The number of carbonyl (C=O) groups excluding carboxylic acids is 2. The Morgan fingerprint density at radius 3 is 2.83 bits per heavy atom. The van der Waals surface area contributed by atoms with Crippen LogP contribution in [0.15, 0.2) is 35.9 Å². The summed E-state index contributed by atoms with van der Waals surface area (Å²) in [6.45, 7) is 6.17. The number of piperidine rings is 1. The zero-order valence-electron chi connectivity index (χ0n) is 14.5. The summed E-state index contributed by atoms with van der Waals surface area (Å²) in [6.07, 6.45) is 4.59. The molecule has 24 heavy (non-hydrogen) atoms. The Morgan fingerprint density at radius 1 is 1.38 bits per heavy atom. The first-order valence-electron chi connectivity index (χ1n) is 8.59. The number of benzene rings is 1. The lowest BCUT2D eigenvalue weighted by Crippen LogP contribution is -2.40. The van der Waals surface area contributed by atoms with E-state index < -0.39 is 0 Å². The largest absolute Gasteiger partial charge is 0.369 e. The van der Waals surface area contributed by atoms with Crippen molar-refractivity contribution >= 4 is 17.5 Å². The highest BCUT2D eigenvalue weighted by atomic mass is 16.2. The van der Waals surface area contributed by atoms with Gasteiger partial charge in [-0.3, -0.25) is 14.5 Å². The number of carbonyl (C=O) groups is 2. The van der Waals surface area contributed by atoms with Crippen molar-refractivity contribution in [2.45, 2.75) is 39.7 Å². The molecule has 0 aliphatic carbocycles. The number of primary amides is 1. The summed E-state index contributed by atoms with van der Waals surface area (Å²) < 4.78 is 0. The van der Waals surface area contributed by atoms with Gasteiger partial charge in [0, 0.05) is 24.4 Å². The van der Waals surface area contributed by atoms with Gasteiger partial charge in [-0.05, 0) is 44.4 Å². The fourth-order valence-electron chi connectivity index (χ4n) is 3.07. The molecule has 2 rings (SSSR count). The average molecular weight is 329 g/mol. The van der Waals surface area contributed by atoms with Gasteiger partial charge in [0.1, 0.15) is 0 Å². The van der Waals surface area contributed by atoms with Crippen LogP contribution in [0.4, 0.5) is 5.69 Å². The molecule has 1 aromatic carbocycles. The lowest BCUT2D eigenvalue weighted by molar-refractivity contribution is -0.123. The van der Waals surface area contributed by atoms with E-state index in [1.807, 2.05) is 44.2 Å². The van der Waals surface area contributed by atoms with E-state index in [0.29, 0.717) is 13.1 Å². The number of hydrogen-bond acceptors (Lipinski definition) is 3. The number of nitrogens with zero attached hydrogens (tertiary/aromatic N) is 1. The second-order valence-electron chi connectivity index (χ2n) is 6.38. The molecule has 130 valence electrons. The quantitative estimate of drug-likeness (QED) is 0.788. The predicted molar refractivity (Wildman–Crippen MR) is 96.3 cm³/mol. The van der Waals surface area contributed by atoms with Crippen molar-refractivity contribution in [2.24, 2.45) is 11.7 Å². The van der Waals surface area contributed by atoms with Crippen LogP contribution in [0.3, 0.4) is 0 Å². The molecule has 1 heterocycles. The molecular weight excluding hydrogens is 302 g/mol. The number of allylic oxidation sites excluding steroid dienone is 1. The fraction of sp³-hybridized carbons (Fsp3) is 0.474. The molecule has 1 aromatic rings. The summed E-state index contributed by atoms with van der Waals surface area (Å²) in [6, 6.07) is 7.82. The normalized spacial score (nSPS) is 19.1. The molecule has 0 saturated carbocycles. The fourth-order valence-corrected chi connectivity index (χ4v) is 3.07. The first kappa shape index (κ1) is 18.2. The van der Waals surface area contributed by atoms with E-state index in [4.69, 9.17) is 5.73 Å². The van der Waals surface area contributed by atoms with Crippen LogP contribution in [0.1, 0.15) is 38.7 Å². The highest BCUT2D eigenvalue weighted by molar-refractivity contribution is 6.03. The van der Waals surface area contributed by atoms with Gasteiger partial charge < -0.3 is 11.1 Å². The van der Waals surface area contributed by atoms with Crippen LogP contribution in [0.25, 0.3) is 0 Å². The van der Waals surface area contributed by atoms with E-state index in [0.717, 1.165) is 42.6 Å². The Labute approximate surface area is 143 Å². The third-order valence-electron chi connectivity index (χ3n) is 4.44. The number of rotatable bonds is 6. The lowest BCUT2D eigenvalue weighted by Gasteiger charge is -2.31. The summed E-state index contributed by atoms with van der Waals surface area (Å²) >= 11 is 0. The summed E-state index contributed by atoms with van der Waals surface area (Å²) in [4.78, 5) is 25.9. The molecule has 3 N–H and O–H groups in total. The van der Waals surface area contributed by atoms with E-state index in [1.165, 1.54) is 0 Å². The van der Waals surface area contributed by atoms with Crippen molar-refractivity contribution in [3.63, 3.8) is 0 Å². The molecule has 1 atom stereocenters. The van der Waals surface area contributed by atoms with Crippen molar-refractivity contribution in [3.05, 3.63) is 41.5 Å². The minimum absolute atomic E-state index is 0.0713. The predicted octanol–water partition coefficient (Wildman–Crippen LogP) is 2.68. The van der Waals surface area contributed by atoms with E-state index in [-0.39, 0.29) is 17.7 Å². The van der Waals surface area contributed by atoms with Gasteiger partial charge in [-0.25, -0.2) is 0 Å². The van der Waals surface area contributed by atoms with Crippen molar-refractivity contribution in [2.75, 3.05) is 18.4 Å². The van der Waals surface area contributed by atoms with Crippen LogP contribution < -0.4 is 11.1 Å². The molecule has 1 aliphatic heterocycles. The van der Waals surface area contributed by atoms with Crippen LogP contribution in [-0.4, -0.2) is 29.8 Å². The Morgan fingerprint density at radius 2 is 2.12 bits per heavy atom. The number of hydrogen-bond donors (Lipinski definition) is 2. The van der Waals surface area contributed by atoms with E-state index in [1.54, 1.807) is 0 Å². The van der Waals surface area contributed by atoms with Crippen LogP contribution in [-0.2, 0) is 16.1 Å². The minimum atomic E-state index is -0.221. The highest BCUT2D eigenvalue weighted by Gasteiger charge is 2.24. The summed E-state index contributed by atoms with van der Waals surface area (Å²) in [5.41, 5.74) is 8.06. The average Bonchev–Trinajstić information content (AvgIpc) is 2.57. The van der Waals surface area contributed by atoms with Crippen molar-refractivity contribution in [3.8, 4) is 0 Å². The van der Waals surface area contributed by atoms with Crippen LogP contribution >= 0.6 is 0 Å². The summed E-state index contributed by atoms with van der Waals surface area (Å²) in [7, 11) is 0. The van der Waals surface area contributed by atoms with Crippen LogP contribution in [0, 0.1) is 5.92 Å². The number of nitrogens with two attached hydrogens (primary N) is 1. The molecule has 1 fully saturated rings. The van der Waals surface area contributed by atoms with E-state index in [2.05, 4.69) is 10.2 Å². The van der Waals surface area contributed by atoms with Crippen molar-refractivity contribution in [1.82, 2.24) is 4.90 Å². The second-order valence-corrected chi connectivity index (χ2v) is 6.38. The van der Waals surface area contributed by atoms with E-state index in [9.17, 15) is 9.59 Å². The Balaban J connectivity index is 2.07. The monoisotopic (exact) mass is 329 g/mol. The van der Waals surface area contributed by atoms with Gasteiger partial charge in [-0.2, -0.15) is 0 Å². The zero-order valence-corrected chi connectivity index (χ0v) is 14.5. The summed E-state index contributed by atoms with van der Waals surface area (Å²) in [5, 5.41) is 2.99. The van der Waals surface area contributed by atoms with E-state index >= 15 is 0 Å². The van der Waals surface area contributed by atoms with Gasteiger partial charge in [-0.15, -0.1) is 0 Å². The molecule has 1 unspecified atom stereocenters. The summed E-state index contributed by atoms with van der Waals surface area (Å²) in [5.74, 6) is -0.366. The first-order chi connectivity index (χ1) is 11.5. The molecule has 0 bridgehead atoms. The number of para-hydroxylation sites is 1. The molecule has 1 aliphatic rings. The molecule has 1 saturated heterocycles. The topological polar surface area (TPSA) is 75.4 Å². The highest BCUT2D eigenvalue weighted by Crippen LogP contribution is 2.22. The molecular formula is C19H27N3O2. The zero-order chi connectivity index (χ0) is 17.5. The SMILES string of the molecule is CCC=C(C)C(=O)Nc1ccccc1CN1CCCC(C(N)=O)C1. The third kappa shape index (κ3) is 4.93. The van der Waals surface area contributed by atoms with Gasteiger partial charge in [0.25, 0.3) is 5.91 Å². The van der Waals surface area contributed by atoms with Gasteiger partial charge in [0.05, 0.1) is 5.92 Å². The number of anilines is 1. The minimum Gasteiger partial charge on any atom is -0.369 e. The Kier molecular flexibility index (Phi) is 6.55. The second kappa shape index (κ2) is 8.64. The Bertz CT molecular complexity index is 625. The molecule has 2 amide bonds. The van der Waals surface area contributed by atoms with Crippen LogP contribution in [0.5, 0.6) is 0 Å². The maximum Gasteiger partial charge on any atom is 0.250 e. The number of likely N-dealkylation sites (tertiary alicyclic amines) is 1. The standard InChI is InChI=1S/C19H27N3O2/c1-3-7-14(2)19(24)21-17-10-5-4-8-15(17)12-22-11-6-9-16(13-22)18(20)23/h4-5,7-8,10,16H,3,6,9,11-13H2,1-2H3,(H2,20,23)(H,21,24). The van der Waals surface area contributed by atoms with Gasteiger partial charge in [0.2, 0.25) is 5.91 Å². The number of nitrogens with one attached hydrogen (secondary N) is 1. The number of amides is 2. The molecule has 0 aromatic heterocycles. The molecule has 5 heteroatoms. The maximum atomic E-state index is 12.2. The molecule has 0 radical (unpaired) electrons. The smallest absolute Gasteiger partial charge is 0.250 e. The lowest BCUT2D eigenvalue weighted by atomic mass is 9.97. The van der Waals surface area contributed by atoms with Crippen molar-refractivity contribution in [1.29, 1.82) is 0 Å². The maximum absolute atomic E-state index is 12.2. The van der Waals surface area contributed by atoms with Crippen molar-refractivity contribution < 1.29 is 9.59 Å². The molecule has 5 nitrogen and oxygen atoms in total. The third-order valence-corrected chi connectivity index (χ3v) is 4.44. The Hall–Kier alpha value is -2.14. The van der Waals surface area contributed by atoms with Crippen LogP contribution in [0.2, 0.25) is 0 Å². The van der Waals surface area contributed by atoms with Gasteiger partial charge in [-0.1, -0.05) is 31.2 Å². The van der Waals surface area contributed by atoms with Gasteiger partial charge in [0.15, 0.2) is 0 Å². The first-order valence-corrected chi connectivity index (χ1v) is 8.59. The molecule has 0 spiro atoms.